The third kappa shape index (κ3) is 4.95. The topological polar surface area (TPSA) is 67.8 Å². The molecule has 0 saturated heterocycles. The minimum Gasteiger partial charge on any atom is -0.494 e. The van der Waals surface area contributed by atoms with E-state index in [4.69, 9.17) is 9.47 Å². The van der Waals surface area contributed by atoms with Crippen molar-refractivity contribution in [2.24, 2.45) is 4.99 Å². The predicted molar refractivity (Wildman–Crippen MR) is 115 cm³/mol. The molecule has 2 aromatic rings. The second kappa shape index (κ2) is 9.28. The highest BCUT2D eigenvalue weighted by Gasteiger charge is 2.22. The summed E-state index contributed by atoms with van der Waals surface area (Å²) in [7, 11) is 1.77. The maximum absolute atomic E-state index is 5.90. The summed E-state index contributed by atoms with van der Waals surface area (Å²) in [4.78, 5) is 8.98. The zero-order valence-electron chi connectivity index (χ0n) is 17.3. The first kappa shape index (κ1) is 20.5. The molecule has 0 bridgehead atoms. The molecule has 2 N–H and O–H groups in total. The SMILES string of the molecule is CCOc1cc2c(cc1CNC(=NC)NCc1nc(C(C)C)cs1)OC(C)C2. The quantitative estimate of drug-likeness (QED) is 0.544. The second-order valence-corrected chi connectivity index (χ2v) is 8.18. The molecule has 152 valence electrons. The van der Waals surface area contributed by atoms with Crippen molar-refractivity contribution in [3.05, 3.63) is 39.3 Å². The molecule has 1 aliphatic heterocycles. The molecule has 1 aliphatic rings. The minimum absolute atomic E-state index is 0.219. The maximum atomic E-state index is 5.90. The fourth-order valence-electron chi connectivity index (χ4n) is 3.14. The first-order chi connectivity index (χ1) is 13.5. The van der Waals surface area contributed by atoms with Crippen LogP contribution in [0.2, 0.25) is 0 Å². The zero-order chi connectivity index (χ0) is 20.1. The summed E-state index contributed by atoms with van der Waals surface area (Å²) in [6.45, 7) is 10.3. The van der Waals surface area contributed by atoms with Crippen molar-refractivity contribution in [1.82, 2.24) is 15.6 Å². The highest BCUT2D eigenvalue weighted by atomic mass is 32.1. The largest absolute Gasteiger partial charge is 0.494 e. The molecule has 3 rings (SSSR count). The number of benzene rings is 1. The fourth-order valence-corrected chi connectivity index (χ4v) is 4.04. The summed E-state index contributed by atoms with van der Waals surface area (Å²) < 4.78 is 11.8. The summed E-state index contributed by atoms with van der Waals surface area (Å²) in [5.74, 6) is 3.05. The second-order valence-electron chi connectivity index (χ2n) is 7.23. The molecule has 0 radical (unpaired) electrons. The standard InChI is InChI=1S/C21H30N4O2S/c1-6-26-18-8-15-7-14(4)27-19(15)9-16(18)10-23-21(22-5)24-11-20-25-17(12-28-20)13(2)3/h8-9,12-14H,6-7,10-11H2,1-5H3,(H2,22,23,24). The molecule has 28 heavy (non-hydrogen) atoms. The van der Waals surface area contributed by atoms with Gasteiger partial charge in [0.15, 0.2) is 5.96 Å². The van der Waals surface area contributed by atoms with Gasteiger partial charge in [0.25, 0.3) is 0 Å². The van der Waals surface area contributed by atoms with E-state index >= 15 is 0 Å². The van der Waals surface area contributed by atoms with Crippen LogP contribution in [0.5, 0.6) is 11.5 Å². The van der Waals surface area contributed by atoms with Crippen LogP contribution < -0.4 is 20.1 Å². The van der Waals surface area contributed by atoms with Gasteiger partial charge in [0.1, 0.15) is 22.6 Å². The Kier molecular flexibility index (Phi) is 6.78. The number of hydrogen-bond acceptors (Lipinski definition) is 5. The predicted octanol–water partition coefficient (Wildman–Crippen LogP) is 3.85. The Hall–Kier alpha value is -2.28. The van der Waals surface area contributed by atoms with Gasteiger partial charge in [0.2, 0.25) is 0 Å². The molecule has 0 aliphatic carbocycles. The van der Waals surface area contributed by atoms with E-state index in [9.17, 15) is 0 Å². The van der Waals surface area contributed by atoms with Crippen LogP contribution >= 0.6 is 11.3 Å². The monoisotopic (exact) mass is 402 g/mol. The van der Waals surface area contributed by atoms with Gasteiger partial charge in [-0.25, -0.2) is 4.98 Å². The molecule has 0 saturated carbocycles. The normalized spacial score (nSPS) is 16.1. The molecular formula is C21H30N4O2S. The highest BCUT2D eigenvalue weighted by Crippen LogP contribution is 2.35. The maximum Gasteiger partial charge on any atom is 0.191 e. The molecule has 1 unspecified atom stereocenters. The van der Waals surface area contributed by atoms with Crippen LogP contribution in [0.15, 0.2) is 22.5 Å². The van der Waals surface area contributed by atoms with Gasteiger partial charge in [-0.1, -0.05) is 13.8 Å². The number of guanidine groups is 1. The Morgan fingerprint density at radius 3 is 2.82 bits per heavy atom. The molecule has 0 spiro atoms. The van der Waals surface area contributed by atoms with Crippen molar-refractivity contribution < 1.29 is 9.47 Å². The number of nitrogens with zero attached hydrogens (tertiary/aromatic N) is 2. The van der Waals surface area contributed by atoms with Crippen molar-refractivity contribution in [2.45, 2.75) is 59.2 Å². The summed E-state index contributed by atoms with van der Waals surface area (Å²) in [6, 6.07) is 4.19. The van der Waals surface area contributed by atoms with Gasteiger partial charge in [-0.05, 0) is 31.9 Å². The number of thiazole rings is 1. The number of rotatable bonds is 7. The van der Waals surface area contributed by atoms with E-state index in [1.165, 1.54) is 5.56 Å². The van der Waals surface area contributed by atoms with Crippen LogP contribution in [0.25, 0.3) is 0 Å². The average molecular weight is 403 g/mol. The number of fused-ring (bicyclic) bond motifs is 1. The lowest BCUT2D eigenvalue weighted by molar-refractivity contribution is 0.254. The average Bonchev–Trinajstić information content (AvgIpc) is 3.27. The van der Waals surface area contributed by atoms with Gasteiger partial charge < -0.3 is 20.1 Å². The molecule has 1 aromatic carbocycles. The van der Waals surface area contributed by atoms with Crippen LogP contribution in [0.3, 0.4) is 0 Å². The Morgan fingerprint density at radius 2 is 2.14 bits per heavy atom. The zero-order valence-corrected chi connectivity index (χ0v) is 18.2. The Balaban J connectivity index is 1.62. The van der Waals surface area contributed by atoms with E-state index in [2.05, 4.69) is 58.9 Å². The van der Waals surface area contributed by atoms with Gasteiger partial charge in [0, 0.05) is 36.5 Å². The molecule has 2 heterocycles. The molecule has 1 atom stereocenters. The third-order valence-corrected chi connectivity index (χ3v) is 5.48. The molecule has 0 fully saturated rings. The number of aliphatic imine (C=N–C) groups is 1. The van der Waals surface area contributed by atoms with Crippen molar-refractivity contribution in [2.75, 3.05) is 13.7 Å². The Labute approximate surface area is 171 Å². The first-order valence-corrected chi connectivity index (χ1v) is 10.7. The van der Waals surface area contributed by atoms with Crippen LogP contribution in [0, 0.1) is 0 Å². The van der Waals surface area contributed by atoms with E-state index < -0.39 is 0 Å². The molecule has 7 heteroatoms. The summed E-state index contributed by atoms with van der Waals surface area (Å²) in [5.41, 5.74) is 3.42. The smallest absolute Gasteiger partial charge is 0.191 e. The van der Waals surface area contributed by atoms with Crippen LogP contribution in [0.4, 0.5) is 0 Å². The van der Waals surface area contributed by atoms with E-state index in [-0.39, 0.29) is 6.10 Å². The fraction of sp³-hybridized carbons (Fsp3) is 0.524. The molecule has 6 nitrogen and oxygen atoms in total. The van der Waals surface area contributed by atoms with Crippen molar-refractivity contribution in [3.63, 3.8) is 0 Å². The lowest BCUT2D eigenvalue weighted by Crippen LogP contribution is -2.36. The first-order valence-electron chi connectivity index (χ1n) is 9.84. The van der Waals surface area contributed by atoms with Crippen molar-refractivity contribution in [1.29, 1.82) is 0 Å². The van der Waals surface area contributed by atoms with Crippen LogP contribution in [0.1, 0.15) is 55.4 Å². The molecule has 1 aromatic heterocycles. The number of hydrogen-bond donors (Lipinski definition) is 2. The van der Waals surface area contributed by atoms with Crippen molar-refractivity contribution in [3.8, 4) is 11.5 Å². The number of aromatic nitrogens is 1. The third-order valence-electron chi connectivity index (χ3n) is 4.62. The summed E-state index contributed by atoms with van der Waals surface area (Å²) >= 11 is 1.67. The minimum atomic E-state index is 0.219. The summed E-state index contributed by atoms with van der Waals surface area (Å²) in [5, 5.41) is 9.88. The summed E-state index contributed by atoms with van der Waals surface area (Å²) in [6.07, 6.45) is 1.15. The number of ether oxygens (including phenoxy) is 2. The molecule has 0 amide bonds. The Bertz CT molecular complexity index is 832. The lowest BCUT2D eigenvalue weighted by atomic mass is 10.1. The van der Waals surface area contributed by atoms with Gasteiger partial charge in [-0.15, -0.1) is 11.3 Å². The lowest BCUT2D eigenvalue weighted by Gasteiger charge is -2.15. The van der Waals surface area contributed by atoms with Gasteiger partial charge in [-0.2, -0.15) is 0 Å². The van der Waals surface area contributed by atoms with E-state index in [1.807, 2.05) is 6.92 Å². The van der Waals surface area contributed by atoms with E-state index in [0.717, 1.165) is 40.1 Å². The number of nitrogens with one attached hydrogen (secondary N) is 2. The van der Waals surface area contributed by atoms with Gasteiger partial charge in [0.05, 0.1) is 18.8 Å². The van der Waals surface area contributed by atoms with Crippen molar-refractivity contribution >= 4 is 17.3 Å². The van der Waals surface area contributed by atoms with Crippen LogP contribution in [-0.2, 0) is 19.5 Å². The van der Waals surface area contributed by atoms with Gasteiger partial charge in [-0.3, -0.25) is 4.99 Å². The van der Waals surface area contributed by atoms with E-state index in [1.54, 1.807) is 18.4 Å². The van der Waals surface area contributed by atoms with Crippen LogP contribution in [-0.4, -0.2) is 30.7 Å². The Morgan fingerprint density at radius 1 is 1.36 bits per heavy atom. The van der Waals surface area contributed by atoms with E-state index in [0.29, 0.717) is 25.6 Å². The molecular weight excluding hydrogens is 372 g/mol. The highest BCUT2D eigenvalue weighted by molar-refractivity contribution is 7.09. The van der Waals surface area contributed by atoms with Gasteiger partial charge >= 0.3 is 0 Å².